The minimum absolute atomic E-state index is 0.155. The minimum atomic E-state index is -1.10. The van der Waals surface area contributed by atoms with Crippen molar-refractivity contribution in [3.63, 3.8) is 0 Å². The van der Waals surface area contributed by atoms with Gasteiger partial charge < -0.3 is 10.8 Å². The second kappa shape index (κ2) is 6.43. The van der Waals surface area contributed by atoms with Crippen molar-refractivity contribution in [3.05, 3.63) is 52.4 Å². The van der Waals surface area contributed by atoms with Crippen molar-refractivity contribution in [3.8, 4) is 11.3 Å². The monoisotopic (exact) mass is 348 g/mol. The molecule has 5 heteroatoms. The van der Waals surface area contributed by atoms with Gasteiger partial charge in [0.05, 0.1) is 16.3 Å². The number of halogens is 2. The summed E-state index contributed by atoms with van der Waals surface area (Å²) >= 11 is 6.54. The molecule has 1 heterocycles. The van der Waals surface area contributed by atoms with Gasteiger partial charge in [-0.1, -0.05) is 11.6 Å². The number of hydrogen-bond donors (Lipinski definition) is 2. The van der Waals surface area contributed by atoms with Crippen molar-refractivity contribution in [2.24, 2.45) is 11.7 Å². The highest BCUT2D eigenvalue weighted by atomic mass is 35.5. The van der Waals surface area contributed by atoms with E-state index in [1.807, 2.05) is 6.07 Å². The molecule has 0 spiro atoms. The molecule has 1 aliphatic carbocycles. The van der Waals surface area contributed by atoms with Gasteiger partial charge in [0.2, 0.25) is 0 Å². The lowest BCUT2D eigenvalue weighted by Gasteiger charge is -2.24. The van der Waals surface area contributed by atoms with Crippen molar-refractivity contribution in [1.29, 1.82) is 0 Å². The van der Waals surface area contributed by atoms with E-state index in [-0.39, 0.29) is 11.7 Å². The number of aliphatic hydroxyl groups is 1. The number of nitrogens with zero attached hydrogens (tertiary/aromatic N) is 1. The summed E-state index contributed by atoms with van der Waals surface area (Å²) < 4.78 is 13.2. The Bertz CT molecular complexity index is 736. The molecule has 1 fully saturated rings. The van der Waals surface area contributed by atoms with Crippen molar-refractivity contribution >= 4 is 11.6 Å². The number of hydrogen-bond acceptors (Lipinski definition) is 3. The van der Waals surface area contributed by atoms with Gasteiger partial charge >= 0.3 is 0 Å². The predicted molar refractivity (Wildman–Crippen MR) is 94.4 cm³/mol. The first-order chi connectivity index (χ1) is 11.3. The van der Waals surface area contributed by atoms with Gasteiger partial charge in [-0.05, 0) is 62.9 Å². The molecule has 3 rings (SSSR count). The zero-order valence-electron chi connectivity index (χ0n) is 13.9. The molecule has 2 aromatic rings. The van der Waals surface area contributed by atoms with Crippen LogP contribution in [0, 0.1) is 11.7 Å². The molecule has 3 nitrogen and oxygen atoms in total. The first-order valence-corrected chi connectivity index (χ1v) is 8.58. The highest BCUT2D eigenvalue weighted by Crippen LogP contribution is 2.44. The summed E-state index contributed by atoms with van der Waals surface area (Å²) in [7, 11) is 0. The number of rotatable bonds is 5. The van der Waals surface area contributed by atoms with E-state index < -0.39 is 5.60 Å². The Labute approximate surface area is 146 Å². The number of aromatic nitrogens is 1. The minimum Gasteiger partial charge on any atom is -0.386 e. The van der Waals surface area contributed by atoms with Crippen LogP contribution in [0.15, 0.2) is 30.3 Å². The maximum absolute atomic E-state index is 13.2. The molecular formula is C19H22ClFN2O. The van der Waals surface area contributed by atoms with Crippen molar-refractivity contribution in [1.82, 2.24) is 4.98 Å². The summed E-state index contributed by atoms with van der Waals surface area (Å²) in [6.45, 7) is 3.90. The smallest absolute Gasteiger partial charge is 0.123 e. The summed E-state index contributed by atoms with van der Waals surface area (Å²) in [5.41, 5.74) is 7.61. The summed E-state index contributed by atoms with van der Waals surface area (Å²) in [6.07, 6.45) is 2.30. The summed E-state index contributed by atoms with van der Waals surface area (Å²) in [5, 5.41) is 10.9. The van der Waals surface area contributed by atoms with Crippen LogP contribution in [-0.2, 0) is 5.60 Å². The van der Waals surface area contributed by atoms with Gasteiger partial charge in [-0.25, -0.2) is 4.39 Å². The van der Waals surface area contributed by atoms with Crippen LogP contribution in [0.3, 0.4) is 0 Å². The highest BCUT2D eigenvalue weighted by molar-refractivity contribution is 6.34. The van der Waals surface area contributed by atoms with E-state index in [1.165, 1.54) is 12.1 Å². The number of nitrogens with two attached hydrogens (primary N) is 1. The van der Waals surface area contributed by atoms with Crippen LogP contribution in [0.5, 0.6) is 0 Å². The lowest BCUT2D eigenvalue weighted by atomic mass is 9.91. The molecule has 0 aliphatic heterocycles. The standard InChI is InChI=1S/C19H22ClFN2O/c1-19(2,24)15-9-16(14(10-22)11-3-4-11)23-18(17(15)20)12-5-7-13(21)8-6-12/h5-9,11,14,24H,3-4,10,22H2,1-2H3. The van der Waals surface area contributed by atoms with Gasteiger partial charge in [0.1, 0.15) is 5.82 Å². The average Bonchev–Trinajstić information content (AvgIpc) is 3.34. The van der Waals surface area contributed by atoms with Crippen LogP contribution in [0.4, 0.5) is 4.39 Å². The van der Waals surface area contributed by atoms with Crippen LogP contribution < -0.4 is 5.73 Å². The van der Waals surface area contributed by atoms with Gasteiger partial charge in [0.15, 0.2) is 0 Å². The van der Waals surface area contributed by atoms with Crippen molar-refractivity contribution < 1.29 is 9.50 Å². The fourth-order valence-corrected chi connectivity index (χ4v) is 3.47. The predicted octanol–water partition coefficient (Wildman–Crippen LogP) is 4.22. The quantitative estimate of drug-likeness (QED) is 0.850. The third-order valence-corrected chi connectivity index (χ3v) is 4.96. The third-order valence-electron chi connectivity index (χ3n) is 4.58. The molecule has 24 heavy (non-hydrogen) atoms. The van der Waals surface area contributed by atoms with Crippen LogP contribution >= 0.6 is 11.6 Å². The Kier molecular flexibility index (Phi) is 4.65. The van der Waals surface area contributed by atoms with E-state index in [9.17, 15) is 9.50 Å². The molecule has 0 radical (unpaired) electrons. The molecule has 1 unspecified atom stereocenters. The summed E-state index contributed by atoms with van der Waals surface area (Å²) in [6, 6.07) is 7.92. The lowest BCUT2D eigenvalue weighted by molar-refractivity contribution is 0.0785. The van der Waals surface area contributed by atoms with Crippen LogP contribution in [-0.4, -0.2) is 16.6 Å². The second-order valence-corrected chi connectivity index (χ2v) is 7.38. The van der Waals surface area contributed by atoms with E-state index in [4.69, 9.17) is 22.3 Å². The molecule has 1 aromatic heterocycles. The average molecular weight is 349 g/mol. The molecule has 0 amide bonds. The maximum Gasteiger partial charge on any atom is 0.123 e. The van der Waals surface area contributed by atoms with Crippen molar-refractivity contribution in [2.45, 2.75) is 38.2 Å². The van der Waals surface area contributed by atoms with Gasteiger partial charge in [-0.3, -0.25) is 4.98 Å². The number of benzene rings is 1. The Hall–Kier alpha value is -1.49. The summed E-state index contributed by atoms with van der Waals surface area (Å²) in [5.74, 6) is 0.383. The number of pyridine rings is 1. The molecule has 1 saturated carbocycles. The Morgan fingerprint density at radius 2 is 1.96 bits per heavy atom. The van der Waals surface area contributed by atoms with Gasteiger partial charge in [0, 0.05) is 29.3 Å². The first-order valence-electron chi connectivity index (χ1n) is 8.20. The zero-order valence-corrected chi connectivity index (χ0v) is 14.6. The maximum atomic E-state index is 13.2. The fourth-order valence-electron chi connectivity index (χ4n) is 3.04. The first kappa shape index (κ1) is 17.3. The Balaban J connectivity index is 2.17. The molecule has 1 aromatic carbocycles. The highest BCUT2D eigenvalue weighted by Gasteiger charge is 2.34. The Morgan fingerprint density at radius 3 is 2.46 bits per heavy atom. The fraction of sp³-hybridized carbons (Fsp3) is 0.421. The van der Waals surface area contributed by atoms with E-state index >= 15 is 0 Å². The topological polar surface area (TPSA) is 59.1 Å². The van der Waals surface area contributed by atoms with Gasteiger partial charge in [-0.15, -0.1) is 0 Å². The molecule has 1 aliphatic rings. The second-order valence-electron chi connectivity index (χ2n) is 7.00. The van der Waals surface area contributed by atoms with Crippen molar-refractivity contribution in [2.75, 3.05) is 6.54 Å². The normalized spacial score (nSPS) is 16.2. The van der Waals surface area contributed by atoms with E-state index in [0.717, 1.165) is 24.1 Å². The third kappa shape index (κ3) is 3.46. The summed E-state index contributed by atoms with van der Waals surface area (Å²) in [4.78, 5) is 4.73. The largest absolute Gasteiger partial charge is 0.386 e. The van der Waals surface area contributed by atoms with Crippen LogP contribution in [0.2, 0.25) is 5.02 Å². The van der Waals surface area contributed by atoms with E-state index in [1.54, 1.807) is 26.0 Å². The van der Waals surface area contributed by atoms with Gasteiger partial charge in [-0.2, -0.15) is 0 Å². The van der Waals surface area contributed by atoms with E-state index in [0.29, 0.717) is 28.7 Å². The van der Waals surface area contributed by atoms with Gasteiger partial charge in [0.25, 0.3) is 0 Å². The van der Waals surface area contributed by atoms with E-state index in [2.05, 4.69) is 0 Å². The van der Waals surface area contributed by atoms with Crippen LogP contribution in [0.25, 0.3) is 11.3 Å². The molecule has 128 valence electrons. The zero-order chi connectivity index (χ0) is 17.5. The molecule has 0 bridgehead atoms. The van der Waals surface area contributed by atoms with Crippen LogP contribution in [0.1, 0.15) is 43.9 Å². The molecule has 0 saturated heterocycles. The molecule has 3 N–H and O–H groups in total. The molecular weight excluding hydrogens is 327 g/mol. The lowest BCUT2D eigenvalue weighted by Crippen LogP contribution is -2.21. The Morgan fingerprint density at radius 1 is 1.33 bits per heavy atom. The molecule has 1 atom stereocenters. The SMILES string of the molecule is CC(C)(O)c1cc(C(CN)C2CC2)nc(-c2ccc(F)cc2)c1Cl.